The molecule has 2 rings (SSSR count). The molecule has 2 aromatic rings. The van der Waals surface area contributed by atoms with E-state index in [0.29, 0.717) is 17.1 Å². The third-order valence-corrected chi connectivity index (χ3v) is 5.11. The van der Waals surface area contributed by atoms with Crippen molar-refractivity contribution >= 4 is 33.2 Å². The van der Waals surface area contributed by atoms with E-state index in [2.05, 4.69) is 4.72 Å². The van der Waals surface area contributed by atoms with E-state index in [1.807, 2.05) is 18.2 Å². The van der Waals surface area contributed by atoms with Crippen molar-refractivity contribution in [3.8, 4) is 0 Å². The lowest BCUT2D eigenvalue weighted by Crippen LogP contribution is -2.18. The van der Waals surface area contributed by atoms with Gasteiger partial charge in [-0.25, -0.2) is 8.42 Å². The maximum Gasteiger partial charge on any atom is 0.233 e. The minimum absolute atomic E-state index is 0.0664. The number of thioether (sulfide) groups is 1. The van der Waals surface area contributed by atoms with Crippen LogP contribution in [0.3, 0.4) is 0 Å². The SMILES string of the molecule is Nc1ccc(SCCS(=O)(=O)Nc2ccccc2)cc1. The summed E-state index contributed by atoms with van der Waals surface area (Å²) in [5.74, 6) is 0.559. The molecule has 0 spiro atoms. The Balaban J connectivity index is 1.85. The van der Waals surface area contributed by atoms with Crippen LogP contribution in [0.25, 0.3) is 0 Å². The van der Waals surface area contributed by atoms with E-state index in [-0.39, 0.29) is 5.75 Å². The maximum absolute atomic E-state index is 11.9. The van der Waals surface area contributed by atoms with Crippen LogP contribution in [-0.2, 0) is 10.0 Å². The molecule has 0 heterocycles. The Morgan fingerprint density at radius 3 is 2.30 bits per heavy atom. The highest BCUT2D eigenvalue weighted by atomic mass is 32.2. The van der Waals surface area contributed by atoms with Crippen molar-refractivity contribution in [1.29, 1.82) is 0 Å². The largest absolute Gasteiger partial charge is 0.399 e. The Hall–Kier alpha value is -1.66. The molecule has 0 aliphatic carbocycles. The zero-order chi connectivity index (χ0) is 14.4. The first-order valence-corrected chi connectivity index (χ1v) is 8.73. The number of sulfonamides is 1. The minimum Gasteiger partial charge on any atom is -0.399 e. The van der Waals surface area contributed by atoms with E-state index >= 15 is 0 Å². The van der Waals surface area contributed by atoms with E-state index in [1.54, 1.807) is 36.4 Å². The maximum atomic E-state index is 11.9. The number of nitrogen functional groups attached to an aromatic ring is 1. The Bertz CT molecular complexity index is 641. The van der Waals surface area contributed by atoms with E-state index < -0.39 is 10.0 Å². The predicted molar refractivity (Wildman–Crippen MR) is 85.4 cm³/mol. The van der Waals surface area contributed by atoms with Gasteiger partial charge in [0, 0.05) is 22.0 Å². The van der Waals surface area contributed by atoms with Gasteiger partial charge in [-0.3, -0.25) is 4.72 Å². The number of hydrogen-bond donors (Lipinski definition) is 2. The molecule has 0 aliphatic heterocycles. The molecule has 0 amide bonds. The van der Waals surface area contributed by atoms with Crippen LogP contribution in [0, 0.1) is 0 Å². The fraction of sp³-hybridized carbons (Fsp3) is 0.143. The van der Waals surface area contributed by atoms with Gasteiger partial charge in [-0.15, -0.1) is 11.8 Å². The smallest absolute Gasteiger partial charge is 0.233 e. The van der Waals surface area contributed by atoms with Gasteiger partial charge in [-0.05, 0) is 36.4 Å². The standard InChI is InChI=1S/C14H16N2O2S2/c15-12-6-8-14(9-7-12)19-10-11-20(17,18)16-13-4-2-1-3-5-13/h1-9,16H,10-11,15H2. The van der Waals surface area contributed by atoms with Crippen molar-refractivity contribution in [2.75, 3.05) is 22.0 Å². The minimum atomic E-state index is -3.31. The average Bonchev–Trinajstić information content (AvgIpc) is 2.41. The molecule has 2 aromatic carbocycles. The van der Waals surface area contributed by atoms with Crippen LogP contribution in [0.2, 0.25) is 0 Å². The highest BCUT2D eigenvalue weighted by Gasteiger charge is 2.10. The molecule has 4 nitrogen and oxygen atoms in total. The molecule has 0 saturated carbocycles. The van der Waals surface area contributed by atoms with Gasteiger partial charge in [0.15, 0.2) is 0 Å². The predicted octanol–water partition coefficient (Wildman–Crippen LogP) is 2.80. The van der Waals surface area contributed by atoms with Crippen LogP contribution < -0.4 is 10.5 Å². The van der Waals surface area contributed by atoms with E-state index in [9.17, 15) is 8.42 Å². The number of para-hydroxylation sites is 1. The Kier molecular flexibility index (Phi) is 4.92. The van der Waals surface area contributed by atoms with Crippen molar-refractivity contribution < 1.29 is 8.42 Å². The summed E-state index contributed by atoms with van der Waals surface area (Å²) in [5.41, 5.74) is 6.88. The van der Waals surface area contributed by atoms with Crippen LogP contribution in [-0.4, -0.2) is 19.9 Å². The third kappa shape index (κ3) is 4.79. The lowest BCUT2D eigenvalue weighted by atomic mass is 10.3. The van der Waals surface area contributed by atoms with Crippen LogP contribution in [0.4, 0.5) is 11.4 Å². The van der Waals surface area contributed by atoms with Crippen molar-refractivity contribution in [2.24, 2.45) is 0 Å². The molecule has 6 heteroatoms. The first-order chi connectivity index (χ1) is 9.55. The van der Waals surface area contributed by atoms with E-state index in [1.165, 1.54) is 11.8 Å². The lowest BCUT2D eigenvalue weighted by molar-refractivity contribution is 0.602. The monoisotopic (exact) mass is 308 g/mol. The van der Waals surface area contributed by atoms with Gasteiger partial charge in [0.05, 0.1) is 5.75 Å². The van der Waals surface area contributed by atoms with Gasteiger partial charge in [0.1, 0.15) is 0 Å². The summed E-state index contributed by atoms with van der Waals surface area (Å²) in [6, 6.07) is 16.3. The Morgan fingerprint density at radius 2 is 1.65 bits per heavy atom. The summed E-state index contributed by atoms with van der Waals surface area (Å²) in [7, 11) is -3.31. The summed E-state index contributed by atoms with van der Waals surface area (Å²) in [6.07, 6.45) is 0. The summed E-state index contributed by atoms with van der Waals surface area (Å²) >= 11 is 1.49. The molecule has 0 saturated heterocycles. The van der Waals surface area contributed by atoms with Crippen LogP contribution in [0.15, 0.2) is 59.5 Å². The van der Waals surface area contributed by atoms with Crippen LogP contribution in [0.5, 0.6) is 0 Å². The van der Waals surface area contributed by atoms with E-state index in [0.717, 1.165) is 4.90 Å². The summed E-state index contributed by atoms with van der Waals surface area (Å²) in [5, 5.41) is 0. The summed E-state index contributed by atoms with van der Waals surface area (Å²) in [4.78, 5) is 1.01. The average molecular weight is 308 g/mol. The molecule has 3 N–H and O–H groups in total. The second-order valence-electron chi connectivity index (χ2n) is 4.20. The number of nitrogens with two attached hydrogens (primary N) is 1. The normalized spacial score (nSPS) is 11.2. The molecular formula is C14H16N2O2S2. The highest BCUT2D eigenvalue weighted by molar-refractivity contribution is 8.01. The van der Waals surface area contributed by atoms with Crippen molar-refractivity contribution in [1.82, 2.24) is 0 Å². The molecule has 0 bridgehead atoms. The first-order valence-electron chi connectivity index (χ1n) is 6.09. The molecule has 20 heavy (non-hydrogen) atoms. The molecule has 0 atom stereocenters. The van der Waals surface area contributed by atoms with Gasteiger partial charge in [0.25, 0.3) is 0 Å². The quantitative estimate of drug-likeness (QED) is 0.636. The number of benzene rings is 2. The van der Waals surface area contributed by atoms with Gasteiger partial charge in [-0.1, -0.05) is 18.2 Å². The third-order valence-electron chi connectivity index (χ3n) is 2.55. The zero-order valence-electron chi connectivity index (χ0n) is 10.8. The number of anilines is 2. The molecule has 106 valence electrons. The fourth-order valence-corrected chi connectivity index (χ4v) is 3.94. The molecule has 0 aliphatic rings. The molecule has 0 unspecified atom stereocenters. The van der Waals surface area contributed by atoms with Crippen molar-refractivity contribution in [3.63, 3.8) is 0 Å². The lowest BCUT2D eigenvalue weighted by Gasteiger charge is -2.07. The molecule has 0 aromatic heterocycles. The molecule has 0 radical (unpaired) electrons. The van der Waals surface area contributed by atoms with Crippen molar-refractivity contribution in [3.05, 3.63) is 54.6 Å². The van der Waals surface area contributed by atoms with Gasteiger partial charge in [0.2, 0.25) is 10.0 Å². The number of rotatable bonds is 6. The Morgan fingerprint density at radius 1 is 1.00 bits per heavy atom. The highest BCUT2D eigenvalue weighted by Crippen LogP contribution is 2.19. The molecular weight excluding hydrogens is 292 g/mol. The van der Waals surface area contributed by atoms with Gasteiger partial charge < -0.3 is 5.73 Å². The zero-order valence-corrected chi connectivity index (χ0v) is 12.5. The topological polar surface area (TPSA) is 72.2 Å². The fourth-order valence-electron chi connectivity index (χ4n) is 1.57. The number of hydrogen-bond acceptors (Lipinski definition) is 4. The second-order valence-corrected chi connectivity index (χ2v) is 7.21. The van der Waals surface area contributed by atoms with Crippen molar-refractivity contribution in [2.45, 2.75) is 4.90 Å². The second kappa shape index (κ2) is 6.67. The van der Waals surface area contributed by atoms with Gasteiger partial charge >= 0.3 is 0 Å². The summed E-state index contributed by atoms with van der Waals surface area (Å²) < 4.78 is 26.4. The Labute approximate surface area is 123 Å². The summed E-state index contributed by atoms with van der Waals surface area (Å²) in [6.45, 7) is 0. The van der Waals surface area contributed by atoms with Crippen LogP contribution >= 0.6 is 11.8 Å². The van der Waals surface area contributed by atoms with Gasteiger partial charge in [-0.2, -0.15) is 0 Å². The van der Waals surface area contributed by atoms with E-state index in [4.69, 9.17) is 5.73 Å². The number of nitrogens with one attached hydrogen (secondary N) is 1. The molecule has 0 fully saturated rings. The van der Waals surface area contributed by atoms with Crippen LogP contribution in [0.1, 0.15) is 0 Å². The first kappa shape index (κ1) is 14.7.